The number of thioether (sulfide) groups is 1. The molecule has 19 heavy (non-hydrogen) atoms. The second-order valence-electron chi connectivity index (χ2n) is 5.30. The van der Waals surface area contributed by atoms with Crippen molar-refractivity contribution < 1.29 is 0 Å². The van der Waals surface area contributed by atoms with Crippen LogP contribution in [0.25, 0.3) is 0 Å². The first-order valence-corrected chi connectivity index (χ1v) is 8.76. The van der Waals surface area contributed by atoms with Gasteiger partial charge in [-0.3, -0.25) is 0 Å². The van der Waals surface area contributed by atoms with Crippen molar-refractivity contribution in [1.29, 1.82) is 0 Å². The molecule has 1 aromatic rings. The van der Waals surface area contributed by atoms with Gasteiger partial charge in [-0.1, -0.05) is 30.3 Å². The van der Waals surface area contributed by atoms with Crippen molar-refractivity contribution in [2.45, 2.75) is 25.3 Å². The molecule has 0 unspecified atom stereocenters. The summed E-state index contributed by atoms with van der Waals surface area (Å²) in [6.07, 6.45) is 5.98. The van der Waals surface area contributed by atoms with E-state index < -0.39 is 0 Å². The number of rotatable bonds is 7. The highest BCUT2D eigenvalue weighted by Crippen LogP contribution is 2.11. The number of hydrogen-bond acceptors (Lipinski definition) is 3. The number of likely N-dealkylation sites (tertiary alicyclic amines) is 1. The van der Waals surface area contributed by atoms with E-state index in [0.29, 0.717) is 0 Å². The Bertz CT molecular complexity index is 334. The lowest BCUT2D eigenvalue weighted by Crippen LogP contribution is -2.43. The summed E-state index contributed by atoms with van der Waals surface area (Å²) in [5.41, 5.74) is 1.46. The molecular weight excluding hydrogens is 252 g/mol. The molecule has 0 aromatic heterocycles. The van der Waals surface area contributed by atoms with Gasteiger partial charge in [0.15, 0.2) is 0 Å². The van der Waals surface area contributed by atoms with E-state index in [9.17, 15) is 0 Å². The molecule has 0 atom stereocenters. The van der Waals surface area contributed by atoms with Gasteiger partial charge in [0, 0.05) is 24.9 Å². The van der Waals surface area contributed by atoms with Crippen molar-refractivity contribution in [2.24, 2.45) is 0 Å². The minimum absolute atomic E-state index is 0.750. The highest BCUT2D eigenvalue weighted by molar-refractivity contribution is 7.98. The molecule has 1 aromatic carbocycles. The quantitative estimate of drug-likeness (QED) is 0.772. The van der Waals surface area contributed by atoms with Gasteiger partial charge in [-0.25, -0.2) is 0 Å². The first kappa shape index (κ1) is 14.9. The first-order valence-electron chi connectivity index (χ1n) is 7.37. The minimum Gasteiger partial charge on any atom is -0.313 e. The molecule has 0 saturated carbocycles. The third-order valence-electron chi connectivity index (χ3n) is 3.89. The predicted molar refractivity (Wildman–Crippen MR) is 86.0 cm³/mol. The SMILES string of the molecule is CSCCNC1CCN(CCc2ccccc2)CC1. The molecule has 0 amide bonds. The zero-order valence-electron chi connectivity index (χ0n) is 12.0. The molecule has 1 aliphatic rings. The molecule has 1 N–H and O–H groups in total. The number of benzene rings is 1. The van der Waals surface area contributed by atoms with Crippen LogP contribution in [-0.2, 0) is 6.42 Å². The fourth-order valence-corrected chi connectivity index (χ4v) is 2.98. The standard InChI is InChI=1S/C16H26N2S/c1-19-14-10-17-16-8-12-18(13-9-16)11-7-15-5-3-2-4-6-15/h2-6,16-17H,7-14H2,1H3. The van der Waals surface area contributed by atoms with Crippen molar-refractivity contribution >= 4 is 11.8 Å². The predicted octanol–water partition coefficient (Wildman–Crippen LogP) is 2.65. The molecule has 2 rings (SSSR count). The molecule has 3 heteroatoms. The smallest absolute Gasteiger partial charge is 0.00917 e. The molecule has 1 fully saturated rings. The van der Waals surface area contributed by atoms with Gasteiger partial charge in [0.25, 0.3) is 0 Å². The van der Waals surface area contributed by atoms with Crippen LogP contribution in [0.1, 0.15) is 18.4 Å². The summed E-state index contributed by atoms with van der Waals surface area (Å²) in [6, 6.07) is 11.6. The molecule has 1 aliphatic heterocycles. The van der Waals surface area contributed by atoms with Gasteiger partial charge < -0.3 is 10.2 Å². The average molecular weight is 278 g/mol. The fourth-order valence-electron chi connectivity index (χ4n) is 2.66. The second kappa shape index (κ2) is 8.62. The Balaban J connectivity index is 1.61. The van der Waals surface area contributed by atoms with E-state index in [-0.39, 0.29) is 0 Å². The number of nitrogens with zero attached hydrogens (tertiary/aromatic N) is 1. The van der Waals surface area contributed by atoms with Gasteiger partial charge in [-0.2, -0.15) is 11.8 Å². The molecule has 0 spiro atoms. The zero-order chi connectivity index (χ0) is 13.3. The minimum atomic E-state index is 0.750. The summed E-state index contributed by atoms with van der Waals surface area (Å²) in [6.45, 7) is 4.88. The maximum Gasteiger partial charge on any atom is 0.00917 e. The van der Waals surface area contributed by atoms with Crippen molar-refractivity contribution in [3.05, 3.63) is 35.9 Å². The zero-order valence-corrected chi connectivity index (χ0v) is 12.8. The van der Waals surface area contributed by atoms with Crippen LogP contribution in [0.4, 0.5) is 0 Å². The topological polar surface area (TPSA) is 15.3 Å². The normalized spacial score (nSPS) is 17.7. The largest absolute Gasteiger partial charge is 0.313 e. The molecule has 0 radical (unpaired) electrons. The van der Waals surface area contributed by atoms with Crippen LogP contribution >= 0.6 is 11.8 Å². The molecule has 0 bridgehead atoms. The van der Waals surface area contributed by atoms with Crippen LogP contribution in [0.15, 0.2) is 30.3 Å². The van der Waals surface area contributed by atoms with Crippen LogP contribution in [0, 0.1) is 0 Å². The maximum atomic E-state index is 3.67. The van der Waals surface area contributed by atoms with Gasteiger partial charge in [0.2, 0.25) is 0 Å². The summed E-state index contributed by atoms with van der Waals surface area (Å²) >= 11 is 1.92. The molecular formula is C16H26N2S. The van der Waals surface area contributed by atoms with Crippen LogP contribution in [-0.4, -0.2) is 49.1 Å². The third kappa shape index (κ3) is 5.55. The summed E-state index contributed by atoms with van der Waals surface area (Å²) in [5, 5.41) is 3.67. The summed E-state index contributed by atoms with van der Waals surface area (Å²) < 4.78 is 0. The van der Waals surface area contributed by atoms with Crippen LogP contribution in [0.5, 0.6) is 0 Å². The van der Waals surface area contributed by atoms with Crippen LogP contribution in [0.3, 0.4) is 0 Å². The third-order valence-corrected chi connectivity index (χ3v) is 4.50. The average Bonchev–Trinajstić information content (AvgIpc) is 2.48. The molecule has 106 valence electrons. The van der Waals surface area contributed by atoms with Gasteiger partial charge in [-0.05, 0) is 44.2 Å². The second-order valence-corrected chi connectivity index (χ2v) is 6.28. The Hall–Kier alpha value is -0.510. The van der Waals surface area contributed by atoms with Crippen molar-refractivity contribution in [3.63, 3.8) is 0 Å². The Kier molecular flexibility index (Phi) is 6.75. The number of nitrogens with one attached hydrogen (secondary N) is 1. The van der Waals surface area contributed by atoms with E-state index >= 15 is 0 Å². The van der Waals surface area contributed by atoms with Crippen molar-refractivity contribution in [3.8, 4) is 0 Å². The highest BCUT2D eigenvalue weighted by Gasteiger charge is 2.17. The monoisotopic (exact) mass is 278 g/mol. The van der Waals surface area contributed by atoms with Crippen LogP contribution < -0.4 is 5.32 Å². The summed E-state index contributed by atoms with van der Waals surface area (Å²) in [4.78, 5) is 2.61. The van der Waals surface area contributed by atoms with Gasteiger partial charge in [0.05, 0.1) is 0 Å². The summed E-state index contributed by atoms with van der Waals surface area (Å²) in [5.74, 6) is 1.23. The van der Waals surface area contributed by atoms with Crippen molar-refractivity contribution in [2.75, 3.05) is 38.2 Å². The van der Waals surface area contributed by atoms with Gasteiger partial charge in [0.1, 0.15) is 0 Å². The first-order chi connectivity index (χ1) is 9.38. The van der Waals surface area contributed by atoms with Gasteiger partial charge in [-0.15, -0.1) is 0 Å². The number of piperidine rings is 1. The fraction of sp³-hybridized carbons (Fsp3) is 0.625. The van der Waals surface area contributed by atoms with E-state index in [2.05, 4.69) is 46.8 Å². The van der Waals surface area contributed by atoms with Gasteiger partial charge >= 0.3 is 0 Å². The van der Waals surface area contributed by atoms with E-state index in [1.165, 1.54) is 50.2 Å². The van der Waals surface area contributed by atoms with E-state index in [1.54, 1.807) is 0 Å². The van der Waals surface area contributed by atoms with E-state index in [1.807, 2.05) is 11.8 Å². The lowest BCUT2D eigenvalue weighted by atomic mass is 10.0. The van der Waals surface area contributed by atoms with Crippen LogP contribution in [0.2, 0.25) is 0 Å². The van der Waals surface area contributed by atoms with E-state index in [4.69, 9.17) is 0 Å². The molecule has 1 saturated heterocycles. The van der Waals surface area contributed by atoms with E-state index in [0.717, 1.165) is 12.6 Å². The Morgan fingerprint density at radius 2 is 1.95 bits per heavy atom. The van der Waals surface area contributed by atoms with Crippen molar-refractivity contribution in [1.82, 2.24) is 10.2 Å². The molecule has 1 heterocycles. The molecule has 0 aliphatic carbocycles. The molecule has 2 nitrogen and oxygen atoms in total. The highest BCUT2D eigenvalue weighted by atomic mass is 32.2. The Labute approximate surface area is 122 Å². The Morgan fingerprint density at radius 3 is 2.63 bits per heavy atom. The number of hydrogen-bond donors (Lipinski definition) is 1. The lowest BCUT2D eigenvalue weighted by Gasteiger charge is -2.32. The Morgan fingerprint density at radius 1 is 1.21 bits per heavy atom. The lowest BCUT2D eigenvalue weighted by molar-refractivity contribution is 0.201. The maximum absolute atomic E-state index is 3.67. The summed E-state index contributed by atoms with van der Waals surface area (Å²) in [7, 11) is 0.